The van der Waals surface area contributed by atoms with Crippen LogP contribution in [0.2, 0.25) is 0 Å². The van der Waals surface area contributed by atoms with Crippen LogP contribution in [-0.4, -0.2) is 53.3 Å². The van der Waals surface area contributed by atoms with Gasteiger partial charge in [0.2, 0.25) is 11.8 Å². The Labute approximate surface area is 198 Å². The van der Waals surface area contributed by atoms with Crippen molar-refractivity contribution in [3.05, 3.63) is 41.6 Å². The standard InChI is InChI=1S/C26H40N4O3/c1-7-8-9-14-25(32)29(15-11-16-33-6)19-24(31)27-23-18-22(26(3,4)5)28-30(23)21-13-10-12-20(2)17-21/h10,12-13,17-18H,7-9,11,14-16,19H2,1-6H3,(H,27,31). The fraction of sp³-hybridized carbons (Fsp3) is 0.577. The van der Waals surface area contributed by atoms with E-state index in [4.69, 9.17) is 9.84 Å². The molecule has 0 bridgehead atoms. The number of amides is 2. The average Bonchev–Trinajstić information content (AvgIpc) is 3.17. The number of nitrogens with one attached hydrogen (secondary N) is 1. The van der Waals surface area contributed by atoms with E-state index in [0.29, 0.717) is 31.8 Å². The second-order valence-electron chi connectivity index (χ2n) is 9.58. The summed E-state index contributed by atoms with van der Waals surface area (Å²) in [6, 6.07) is 9.91. The molecule has 0 saturated carbocycles. The molecule has 2 rings (SSSR count). The molecule has 7 heteroatoms. The highest BCUT2D eigenvalue weighted by molar-refractivity contribution is 5.94. The molecule has 0 aliphatic carbocycles. The van der Waals surface area contributed by atoms with Crippen molar-refractivity contribution in [2.75, 3.05) is 32.1 Å². The summed E-state index contributed by atoms with van der Waals surface area (Å²) in [5, 5.41) is 7.78. The summed E-state index contributed by atoms with van der Waals surface area (Å²) in [4.78, 5) is 27.4. The van der Waals surface area contributed by atoms with Crippen molar-refractivity contribution in [3.8, 4) is 5.69 Å². The molecule has 0 fully saturated rings. The Morgan fingerprint density at radius 1 is 1.15 bits per heavy atom. The van der Waals surface area contributed by atoms with Gasteiger partial charge in [0, 0.05) is 38.2 Å². The maximum absolute atomic E-state index is 13.0. The van der Waals surface area contributed by atoms with Crippen molar-refractivity contribution in [2.45, 2.75) is 72.1 Å². The largest absolute Gasteiger partial charge is 0.385 e. The number of ether oxygens (including phenoxy) is 1. The van der Waals surface area contributed by atoms with Gasteiger partial charge in [0.1, 0.15) is 5.82 Å². The van der Waals surface area contributed by atoms with Gasteiger partial charge >= 0.3 is 0 Å². The number of benzene rings is 1. The Balaban J connectivity index is 2.21. The van der Waals surface area contributed by atoms with Gasteiger partial charge in [0.25, 0.3) is 0 Å². The normalized spacial score (nSPS) is 11.5. The molecule has 2 aromatic rings. The fourth-order valence-electron chi connectivity index (χ4n) is 3.52. The molecule has 7 nitrogen and oxygen atoms in total. The lowest BCUT2D eigenvalue weighted by molar-refractivity contribution is -0.135. The monoisotopic (exact) mass is 456 g/mol. The zero-order valence-electron chi connectivity index (χ0n) is 21.1. The second kappa shape index (κ2) is 12.5. The first-order valence-corrected chi connectivity index (χ1v) is 11.9. The van der Waals surface area contributed by atoms with Crippen LogP contribution < -0.4 is 5.32 Å². The summed E-state index contributed by atoms with van der Waals surface area (Å²) >= 11 is 0. The minimum Gasteiger partial charge on any atom is -0.385 e. The van der Waals surface area contributed by atoms with Crippen molar-refractivity contribution in [1.82, 2.24) is 14.7 Å². The number of aryl methyl sites for hydroxylation is 1. The maximum atomic E-state index is 13.0. The number of nitrogens with zero attached hydrogens (tertiary/aromatic N) is 3. The molecule has 0 atom stereocenters. The molecule has 1 N–H and O–H groups in total. The third kappa shape index (κ3) is 8.31. The Bertz CT molecular complexity index is 915. The number of unbranched alkanes of at least 4 members (excludes halogenated alkanes) is 2. The van der Waals surface area contributed by atoms with Gasteiger partial charge in [-0.05, 0) is 37.5 Å². The lowest BCUT2D eigenvalue weighted by Gasteiger charge is -2.22. The molecule has 0 aliphatic rings. The van der Waals surface area contributed by atoms with E-state index in [1.54, 1.807) is 16.7 Å². The summed E-state index contributed by atoms with van der Waals surface area (Å²) < 4.78 is 6.90. The Kier molecular flexibility index (Phi) is 10.1. The summed E-state index contributed by atoms with van der Waals surface area (Å²) in [5.74, 6) is 0.383. The highest BCUT2D eigenvalue weighted by Crippen LogP contribution is 2.26. The average molecular weight is 457 g/mol. The Morgan fingerprint density at radius 3 is 2.55 bits per heavy atom. The van der Waals surface area contributed by atoms with Crippen LogP contribution in [0.25, 0.3) is 5.69 Å². The van der Waals surface area contributed by atoms with Crippen LogP contribution in [0.5, 0.6) is 0 Å². The topological polar surface area (TPSA) is 76.5 Å². The quantitative estimate of drug-likeness (QED) is 0.463. The fourth-order valence-corrected chi connectivity index (χ4v) is 3.52. The predicted octanol–water partition coefficient (Wildman–Crippen LogP) is 4.86. The highest BCUT2D eigenvalue weighted by Gasteiger charge is 2.23. The van der Waals surface area contributed by atoms with Gasteiger partial charge in [0.05, 0.1) is 17.9 Å². The van der Waals surface area contributed by atoms with Crippen LogP contribution >= 0.6 is 0 Å². The molecule has 0 unspecified atom stereocenters. The summed E-state index contributed by atoms with van der Waals surface area (Å²) in [7, 11) is 1.64. The molecule has 1 aromatic carbocycles. The summed E-state index contributed by atoms with van der Waals surface area (Å²) in [6.07, 6.45) is 4.06. The van der Waals surface area contributed by atoms with E-state index in [1.807, 2.05) is 37.3 Å². The smallest absolute Gasteiger partial charge is 0.245 e. The SMILES string of the molecule is CCCCCC(=O)N(CCCOC)CC(=O)Nc1cc(C(C)(C)C)nn1-c1cccc(C)c1. The van der Waals surface area contributed by atoms with E-state index in [-0.39, 0.29) is 23.8 Å². The van der Waals surface area contributed by atoms with Crippen molar-refractivity contribution >= 4 is 17.6 Å². The first-order chi connectivity index (χ1) is 15.7. The van der Waals surface area contributed by atoms with Gasteiger partial charge in [-0.1, -0.05) is 52.7 Å². The number of methoxy groups -OCH3 is 1. The van der Waals surface area contributed by atoms with E-state index < -0.39 is 0 Å². The lowest BCUT2D eigenvalue weighted by atomic mass is 9.92. The number of hydrogen-bond donors (Lipinski definition) is 1. The molecule has 0 aliphatic heterocycles. The van der Waals surface area contributed by atoms with E-state index in [0.717, 1.165) is 36.2 Å². The van der Waals surface area contributed by atoms with Crippen LogP contribution in [0.1, 0.15) is 71.1 Å². The first-order valence-electron chi connectivity index (χ1n) is 11.9. The third-order valence-electron chi connectivity index (χ3n) is 5.45. The van der Waals surface area contributed by atoms with Gasteiger partial charge < -0.3 is 15.0 Å². The van der Waals surface area contributed by atoms with Gasteiger partial charge in [0.15, 0.2) is 0 Å². The molecule has 2 amide bonds. The zero-order chi connectivity index (χ0) is 24.4. The first kappa shape index (κ1) is 26.6. The predicted molar refractivity (Wildman–Crippen MR) is 133 cm³/mol. The zero-order valence-corrected chi connectivity index (χ0v) is 21.1. The van der Waals surface area contributed by atoms with E-state index in [9.17, 15) is 9.59 Å². The molecule has 1 aromatic heterocycles. The lowest BCUT2D eigenvalue weighted by Crippen LogP contribution is -2.39. The molecular formula is C26H40N4O3. The van der Waals surface area contributed by atoms with Gasteiger partial charge in [-0.15, -0.1) is 0 Å². The maximum Gasteiger partial charge on any atom is 0.245 e. The number of anilines is 1. The van der Waals surface area contributed by atoms with Crippen LogP contribution in [0.3, 0.4) is 0 Å². The molecule has 1 heterocycles. The van der Waals surface area contributed by atoms with Crippen LogP contribution in [-0.2, 0) is 19.7 Å². The molecule has 33 heavy (non-hydrogen) atoms. The van der Waals surface area contributed by atoms with Gasteiger partial charge in [-0.25, -0.2) is 4.68 Å². The summed E-state index contributed by atoms with van der Waals surface area (Å²) in [6.45, 7) is 11.5. The molecular weight excluding hydrogens is 416 g/mol. The second-order valence-corrected chi connectivity index (χ2v) is 9.58. The number of carbonyl (C=O) groups is 2. The van der Waals surface area contributed by atoms with E-state index in [1.165, 1.54) is 0 Å². The molecule has 0 saturated heterocycles. The highest BCUT2D eigenvalue weighted by atomic mass is 16.5. The Hall–Kier alpha value is -2.67. The van der Waals surface area contributed by atoms with E-state index in [2.05, 4.69) is 33.0 Å². The minimum atomic E-state index is -0.231. The molecule has 182 valence electrons. The Morgan fingerprint density at radius 2 is 1.91 bits per heavy atom. The number of carbonyl (C=O) groups excluding carboxylic acids is 2. The van der Waals surface area contributed by atoms with Crippen molar-refractivity contribution < 1.29 is 14.3 Å². The molecule has 0 radical (unpaired) electrons. The number of hydrogen-bond acceptors (Lipinski definition) is 4. The molecule has 0 spiro atoms. The van der Waals surface area contributed by atoms with Gasteiger partial charge in [-0.2, -0.15) is 5.10 Å². The van der Waals surface area contributed by atoms with Crippen molar-refractivity contribution in [1.29, 1.82) is 0 Å². The van der Waals surface area contributed by atoms with Crippen molar-refractivity contribution in [3.63, 3.8) is 0 Å². The van der Waals surface area contributed by atoms with Crippen molar-refractivity contribution in [2.24, 2.45) is 0 Å². The van der Waals surface area contributed by atoms with Crippen LogP contribution in [0.4, 0.5) is 5.82 Å². The number of aromatic nitrogens is 2. The van der Waals surface area contributed by atoms with Crippen LogP contribution in [0.15, 0.2) is 30.3 Å². The third-order valence-corrected chi connectivity index (χ3v) is 5.45. The van der Waals surface area contributed by atoms with E-state index >= 15 is 0 Å². The number of rotatable bonds is 12. The minimum absolute atomic E-state index is 0.0114. The van der Waals surface area contributed by atoms with Crippen LogP contribution in [0, 0.1) is 6.92 Å². The summed E-state index contributed by atoms with van der Waals surface area (Å²) in [5.41, 5.74) is 2.70. The van der Waals surface area contributed by atoms with Gasteiger partial charge in [-0.3, -0.25) is 9.59 Å².